The first-order valence-corrected chi connectivity index (χ1v) is 11.5. The van der Waals surface area contributed by atoms with Gasteiger partial charge in [0.25, 0.3) is 11.8 Å². The SMILES string of the molecule is O=C(Nc1ccc(C(=O)N2CCN(C(=O)CCCc3ccccc3)CC2)s1)c1ccco1. The van der Waals surface area contributed by atoms with Crippen molar-refractivity contribution in [2.24, 2.45) is 0 Å². The zero-order chi connectivity index (χ0) is 22.3. The van der Waals surface area contributed by atoms with Crippen LogP contribution in [0.3, 0.4) is 0 Å². The molecule has 1 aliphatic rings. The van der Waals surface area contributed by atoms with Gasteiger partial charge in [-0.3, -0.25) is 14.4 Å². The average molecular weight is 452 g/mol. The molecule has 1 saturated heterocycles. The van der Waals surface area contributed by atoms with Crippen molar-refractivity contribution < 1.29 is 18.8 Å². The summed E-state index contributed by atoms with van der Waals surface area (Å²) in [5, 5.41) is 3.32. The number of carbonyl (C=O) groups excluding carboxylic acids is 3. The molecule has 0 bridgehead atoms. The van der Waals surface area contributed by atoms with Gasteiger partial charge in [0, 0.05) is 32.6 Å². The number of hydrogen-bond donors (Lipinski definition) is 1. The Labute approximate surface area is 190 Å². The van der Waals surface area contributed by atoms with Crippen molar-refractivity contribution in [3.05, 3.63) is 77.1 Å². The molecule has 3 aromatic rings. The highest BCUT2D eigenvalue weighted by Crippen LogP contribution is 2.24. The molecule has 2 aromatic heterocycles. The Balaban J connectivity index is 1.22. The van der Waals surface area contributed by atoms with Crippen LogP contribution in [0, 0.1) is 0 Å². The Morgan fingerprint density at radius 2 is 1.66 bits per heavy atom. The molecule has 0 aliphatic carbocycles. The Kier molecular flexibility index (Phi) is 7.01. The summed E-state index contributed by atoms with van der Waals surface area (Å²) in [6.07, 6.45) is 3.67. The van der Waals surface area contributed by atoms with Crippen LogP contribution in [-0.4, -0.2) is 53.7 Å². The number of thiophene rings is 1. The number of piperazine rings is 1. The minimum atomic E-state index is -0.352. The van der Waals surface area contributed by atoms with Crippen molar-refractivity contribution in [2.45, 2.75) is 19.3 Å². The third-order valence-electron chi connectivity index (χ3n) is 5.42. The first kappa shape index (κ1) is 21.8. The summed E-state index contributed by atoms with van der Waals surface area (Å²) >= 11 is 1.23. The average Bonchev–Trinajstić information content (AvgIpc) is 3.52. The largest absolute Gasteiger partial charge is 0.459 e. The maximum absolute atomic E-state index is 12.8. The summed E-state index contributed by atoms with van der Waals surface area (Å²) in [5.41, 5.74) is 1.24. The standard InChI is InChI=1S/C24H25N3O4S/c28-22(10-4-8-18-6-2-1-3-7-18)26-13-15-27(16-14-26)24(30)20-11-12-21(32-20)25-23(29)19-9-5-17-31-19/h1-3,5-7,9,11-12,17H,4,8,10,13-16H2,(H,25,29). The topological polar surface area (TPSA) is 82.9 Å². The lowest BCUT2D eigenvalue weighted by molar-refractivity contribution is -0.132. The smallest absolute Gasteiger partial charge is 0.291 e. The van der Waals surface area contributed by atoms with E-state index in [0.717, 1.165) is 12.8 Å². The van der Waals surface area contributed by atoms with E-state index in [-0.39, 0.29) is 23.5 Å². The number of aryl methyl sites for hydroxylation is 1. The van der Waals surface area contributed by atoms with E-state index in [1.165, 1.54) is 23.2 Å². The van der Waals surface area contributed by atoms with Crippen LogP contribution in [-0.2, 0) is 11.2 Å². The van der Waals surface area contributed by atoms with E-state index in [0.29, 0.717) is 42.5 Å². The molecule has 3 heterocycles. The third kappa shape index (κ3) is 5.45. The van der Waals surface area contributed by atoms with E-state index in [2.05, 4.69) is 17.4 Å². The van der Waals surface area contributed by atoms with Gasteiger partial charge >= 0.3 is 0 Å². The molecule has 1 aliphatic heterocycles. The van der Waals surface area contributed by atoms with E-state index in [4.69, 9.17) is 4.42 Å². The van der Waals surface area contributed by atoms with Gasteiger partial charge in [-0.25, -0.2) is 0 Å². The fourth-order valence-corrected chi connectivity index (χ4v) is 4.53. The fraction of sp³-hybridized carbons (Fsp3) is 0.292. The van der Waals surface area contributed by atoms with Gasteiger partial charge < -0.3 is 19.5 Å². The monoisotopic (exact) mass is 451 g/mol. The molecule has 3 amide bonds. The Morgan fingerprint density at radius 1 is 0.906 bits per heavy atom. The summed E-state index contributed by atoms with van der Waals surface area (Å²) in [7, 11) is 0. The van der Waals surface area contributed by atoms with Crippen LogP contribution in [0.4, 0.5) is 5.00 Å². The Bertz CT molecular complexity index is 1050. The van der Waals surface area contributed by atoms with Gasteiger partial charge in [0.15, 0.2) is 5.76 Å². The van der Waals surface area contributed by atoms with Crippen molar-refractivity contribution in [2.75, 3.05) is 31.5 Å². The summed E-state index contributed by atoms with van der Waals surface area (Å²) in [5.74, 6) is -0.0668. The van der Waals surface area contributed by atoms with E-state index >= 15 is 0 Å². The lowest BCUT2D eigenvalue weighted by Crippen LogP contribution is -2.50. The molecule has 1 aromatic carbocycles. The number of anilines is 1. The Morgan fingerprint density at radius 3 is 2.38 bits per heavy atom. The fourth-order valence-electron chi connectivity index (χ4n) is 3.66. The lowest BCUT2D eigenvalue weighted by Gasteiger charge is -2.34. The minimum Gasteiger partial charge on any atom is -0.459 e. The second-order valence-corrected chi connectivity index (χ2v) is 8.69. The molecule has 8 heteroatoms. The first-order chi connectivity index (χ1) is 15.6. The van der Waals surface area contributed by atoms with E-state index in [9.17, 15) is 14.4 Å². The molecule has 0 saturated carbocycles. The molecule has 32 heavy (non-hydrogen) atoms. The van der Waals surface area contributed by atoms with Crippen molar-refractivity contribution in [3.63, 3.8) is 0 Å². The predicted molar refractivity (Wildman–Crippen MR) is 123 cm³/mol. The van der Waals surface area contributed by atoms with Crippen molar-refractivity contribution in [1.29, 1.82) is 0 Å². The first-order valence-electron chi connectivity index (χ1n) is 10.7. The van der Waals surface area contributed by atoms with Crippen LogP contribution in [0.25, 0.3) is 0 Å². The molecular weight excluding hydrogens is 426 g/mol. The van der Waals surface area contributed by atoms with Gasteiger partial charge in [0.1, 0.15) is 0 Å². The van der Waals surface area contributed by atoms with Gasteiger partial charge in [0.2, 0.25) is 5.91 Å². The predicted octanol–water partition coefficient (Wildman–Crippen LogP) is 3.90. The molecule has 0 unspecified atom stereocenters. The number of furan rings is 1. The second-order valence-electron chi connectivity index (χ2n) is 7.61. The van der Waals surface area contributed by atoms with Gasteiger partial charge in [-0.1, -0.05) is 30.3 Å². The number of nitrogens with zero attached hydrogens (tertiary/aromatic N) is 2. The lowest BCUT2D eigenvalue weighted by atomic mass is 10.1. The van der Waals surface area contributed by atoms with Crippen LogP contribution < -0.4 is 5.32 Å². The van der Waals surface area contributed by atoms with Crippen LogP contribution >= 0.6 is 11.3 Å². The summed E-state index contributed by atoms with van der Waals surface area (Å²) in [6, 6.07) is 16.8. The van der Waals surface area contributed by atoms with E-state index in [1.54, 1.807) is 29.2 Å². The van der Waals surface area contributed by atoms with Gasteiger partial charge in [-0.15, -0.1) is 11.3 Å². The molecule has 0 atom stereocenters. The number of amides is 3. The molecule has 1 N–H and O–H groups in total. The summed E-state index contributed by atoms with van der Waals surface area (Å²) in [4.78, 5) is 41.6. The maximum atomic E-state index is 12.8. The highest BCUT2D eigenvalue weighted by molar-refractivity contribution is 7.18. The van der Waals surface area contributed by atoms with E-state index < -0.39 is 0 Å². The molecule has 4 rings (SSSR count). The minimum absolute atomic E-state index is 0.0790. The van der Waals surface area contributed by atoms with Gasteiger partial charge in [0.05, 0.1) is 16.1 Å². The molecule has 166 valence electrons. The second kappa shape index (κ2) is 10.3. The molecular formula is C24H25N3O4S. The zero-order valence-electron chi connectivity index (χ0n) is 17.7. The molecule has 1 fully saturated rings. The highest BCUT2D eigenvalue weighted by atomic mass is 32.1. The van der Waals surface area contributed by atoms with Crippen LogP contribution in [0.2, 0.25) is 0 Å². The zero-order valence-corrected chi connectivity index (χ0v) is 18.5. The van der Waals surface area contributed by atoms with Crippen molar-refractivity contribution >= 4 is 34.1 Å². The normalized spacial score (nSPS) is 13.8. The quantitative estimate of drug-likeness (QED) is 0.591. The number of nitrogens with one attached hydrogen (secondary N) is 1. The number of rotatable bonds is 7. The molecule has 7 nitrogen and oxygen atoms in total. The highest BCUT2D eigenvalue weighted by Gasteiger charge is 2.25. The summed E-state index contributed by atoms with van der Waals surface area (Å²) < 4.78 is 5.08. The molecule has 0 radical (unpaired) electrons. The van der Waals surface area contributed by atoms with Crippen LogP contribution in [0.1, 0.15) is 38.6 Å². The maximum Gasteiger partial charge on any atom is 0.291 e. The number of hydrogen-bond acceptors (Lipinski definition) is 5. The Hall–Kier alpha value is -3.39. The third-order valence-corrected chi connectivity index (χ3v) is 6.41. The van der Waals surface area contributed by atoms with Crippen LogP contribution in [0.5, 0.6) is 0 Å². The van der Waals surface area contributed by atoms with Crippen molar-refractivity contribution in [3.8, 4) is 0 Å². The summed E-state index contributed by atoms with van der Waals surface area (Å²) in [6.45, 7) is 2.11. The number of carbonyl (C=O) groups is 3. The van der Waals surface area contributed by atoms with Gasteiger partial charge in [-0.05, 0) is 42.7 Å². The molecule has 0 spiro atoms. The van der Waals surface area contributed by atoms with Crippen molar-refractivity contribution in [1.82, 2.24) is 9.80 Å². The van der Waals surface area contributed by atoms with Crippen LogP contribution in [0.15, 0.2) is 65.3 Å². The van der Waals surface area contributed by atoms with E-state index in [1.807, 2.05) is 23.1 Å². The van der Waals surface area contributed by atoms with Gasteiger partial charge in [-0.2, -0.15) is 0 Å². The number of benzene rings is 1.